The van der Waals surface area contributed by atoms with Crippen molar-refractivity contribution in [3.8, 4) is 10.8 Å². The Bertz CT molecular complexity index is 889. The van der Waals surface area contributed by atoms with Gasteiger partial charge in [0.1, 0.15) is 0 Å². The van der Waals surface area contributed by atoms with E-state index in [4.69, 9.17) is 4.42 Å². The number of carbonyl (C=O) groups excluding carboxylic acids is 1. The minimum absolute atomic E-state index is 0.00912. The van der Waals surface area contributed by atoms with Gasteiger partial charge in [0.2, 0.25) is 0 Å². The van der Waals surface area contributed by atoms with Gasteiger partial charge in [-0.05, 0) is 48.9 Å². The van der Waals surface area contributed by atoms with Crippen molar-refractivity contribution in [2.24, 2.45) is 0 Å². The van der Waals surface area contributed by atoms with E-state index in [1.807, 2.05) is 49.6 Å². The summed E-state index contributed by atoms with van der Waals surface area (Å²) in [7, 11) is 0. The lowest BCUT2D eigenvalue weighted by atomic mass is 10.1. The Kier molecular flexibility index (Phi) is 6.36. The molecule has 0 bridgehead atoms. The van der Waals surface area contributed by atoms with Crippen LogP contribution < -0.4 is 10.2 Å². The van der Waals surface area contributed by atoms with Crippen molar-refractivity contribution in [1.82, 2.24) is 10.2 Å². The lowest BCUT2D eigenvalue weighted by Gasteiger charge is -2.17. The van der Waals surface area contributed by atoms with Crippen molar-refractivity contribution in [2.75, 3.05) is 18.4 Å². The number of amides is 1. The lowest BCUT2D eigenvalue weighted by Crippen LogP contribution is -3.11. The van der Waals surface area contributed by atoms with E-state index < -0.39 is 0 Å². The number of quaternary nitrogens is 1. The zero-order valence-electron chi connectivity index (χ0n) is 15.9. The summed E-state index contributed by atoms with van der Waals surface area (Å²) < 4.78 is 5.78. The van der Waals surface area contributed by atoms with Gasteiger partial charge in [-0.15, -0.1) is 21.5 Å². The largest absolute Gasteiger partial charge is 0.414 e. The molecule has 1 amide bonds. The molecule has 0 aliphatic rings. The third kappa shape index (κ3) is 5.02. The second-order valence-electron chi connectivity index (χ2n) is 6.63. The Hall–Kier alpha value is -2.51. The molecule has 6 nitrogen and oxygen atoms in total. The monoisotopic (exact) mass is 385 g/mol. The molecule has 2 heterocycles. The lowest BCUT2D eigenvalue weighted by molar-refractivity contribution is -0.907. The van der Waals surface area contributed by atoms with Gasteiger partial charge in [-0.2, -0.15) is 0 Å². The fourth-order valence-corrected chi connectivity index (χ4v) is 3.58. The number of rotatable bonds is 8. The average molecular weight is 386 g/mol. The minimum atomic E-state index is -0.00912. The van der Waals surface area contributed by atoms with E-state index in [-0.39, 0.29) is 5.91 Å². The van der Waals surface area contributed by atoms with Gasteiger partial charge in [0.15, 0.2) is 13.1 Å². The molecule has 0 saturated heterocycles. The highest BCUT2D eigenvalue weighted by atomic mass is 32.1. The Labute approximate surface area is 163 Å². The molecule has 3 aromatic rings. The van der Waals surface area contributed by atoms with Crippen LogP contribution in [0.4, 0.5) is 5.69 Å². The van der Waals surface area contributed by atoms with E-state index in [9.17, 15) is 4.79 Å². The van der Waals surface area contributed by atoms with Crippen LogP contribution in [0.15, 0.2) is 40.1 Å². The topological polar surface area (TPSA) is 72.5 Å². The molecule has 0 aliphatic heterocycles. The number of hydrogen-bond donors (Lipinski definition) is 2. The van der Waals surface area contributed by atoms with Crippen molar-refractivity contribution in [1.29, 1.82) is 0 Å². The van der Waals surface area contributed by atoms with Gasteiger partial charge < -0.3 is 14.6 Å². The molecule has 1 aromatic carbocycles. The molecule has 2 aromatic heterocycles. The number of nitrogens with one attached hydrogen (secondary N) is 2. The highest BCUT2D eigenvalue weighted by Gasteiger charge is 2.19. The number of carbonyl (C=O) groups is 1. The number of anilines is 1. The number of aryl methyl sites for hydroxylation is 1. The van der Waals surface area contributed by atoms with Gasteiger partial charge in [0, 0.05) is 5.69 Å². The molecule has 2 N–H and O–H groups in total. The highest BCUT2D eigenvalue weighted by molar-refractivity contribution is 7.13. The van der Waals surface area contributed by atoms with Crippen LogP contribution >= 0.6 is 11.3 Å². The third-order valence-corrected chi connectivity index (χ3v) is 5.35. The van der Waals surface area contributed by atoms with Crippen LogP contribution in [0.5, 0.6) is 0 Å². The first-order valence-corrected chi connectivity index (χ1v) is 10.0. The van der Waals surface area contributed by atoms with Gasteiger partial charge in [0.05, 0.1) is 11.4 Å². The quantitative estimate of drug-likeness (QED) is 0.625. The van der Waals surface area contributed by atoms with Gasteiger partial charge in [-0.1, -0.05) is 25.1 Å². The van der Waals surface area contributed by atoms with Crippen molar-refractivity contribution in [2.45, 2.75) is 33.7 Å². The zero-order chi connectivity index (χ0) is 19.2. The van der Waals surface area contributed by atoms with Crippen LogP contribution in [-0.4, -0.2) is 29.2 Å². The van der Waals surface area contributed by atoms with Crippen LogP contribution in [0.25, 0.3) is 10.8 Å². The molecule has 7 heteroatoms. The number of benzene rings is 1. The van der Waals surface area contributed by atoms with E-state index in [1.54, 1.807) is 11.3 Å². The molecule has 0 saturated carbocycles. The van der Waals surface area contributed by atoms with Crippen LogP contribution in [0, 0.1) is 13.8 Å². The van der Waals surface area contributed by atoms with Crippen LogP contribution in [-0.2, 0) is 11.3 Å². The van der Waals surface area contributed by atoms with Gasteiger partial charge >= 0.3 is 0 Å². The molecule has 27 heavy (non-hydrogen) atoms. The maximum Gasteiger partial charge on any atom is 0.279 e. The molecule has 0 fully saturated rings. The maximum absolute atomic E-state index is 12.5. The second-order valence-corrected chi connectivity index (χ2v) is 7.58. The van der Waals surface area contributed by atoms with Crippen molar-refractivity contribution in [3.05, 3.63) is 52.7 Å². The van der Waals surface area contributed by atoms with E-state index >= 15 is 0 Å². The number of nitrogens with zero attached hydrogens (tertiary/aromatic N) is 2. The first-order valence-electron chi connectivity index (χ1n) is 9.12. The van der Waals surface area contributed by atoms with E-state index in [0.29, 0.717) is 24.9 Å². The number of aromatic nitrogens is 2. The minimum Gasteiger partial charge on any atom is -0.414 e. The summed E-state index contributed by atoms with van der Waals surface area (Å²) in [6.07, 6.45) is 0.970. The molecule has 0 spiro atoms. The van der Waals surface area contributed by atoms with Crippen LogP contribution in [0.1, 0.15) is 30.4 Å². The van der Waals surface area contributed by atoms with E-state index in [2.05, 4.69) is 22.4 Å². The summed E-state index contributed by atoms with van der Waals surface area (Å²) in [4.78, 5) is 14.6. The summed E-state index contributed by atoms with van der Waals surface area (Å²) in [5.41, 5.74) is 3.13. The predicted molar refractivity (Wildman–Crippen MR) is 107 cm³/mol. The Balaban J connectivity index is 1.63. The fourth-order valence-electron chi connectivity index (χ4n) is 2.94. The summed E-state index contributed by atoms with van der Waals surface area (Å²) in [5.74, 6) is 1.09. The van der Waals surface area contributed by atoms with E-state index in [1.165, 1.54) is 0 Å². The van der Waals surface area contributed by atoms with Gasteiger partial charge in [-0.3, -0.25) is 4.79 Å². The first-order chi connectivity index (χ1) is 13.1. The smallest absolute Gasteiger partial charge is 0.279 e. The maximum atomic E-state index is 12.5. The summed E-state index contributed by atoms with van der Waals surface area (Å²) in [5, 5.41) is 13.3. The van der Waals surface area contributed by atoms with Gasteiger partial charge in [0.25, 0.3) is 17.7 Å². The standard InChI is InChI=1S/C20H24N4O2S/c1-4-10-24(12-18(25)21-16-8-5-7-14(2)15(16)3)13-19-22-23-20(26-19)17-9-6-11-27-17/h5-9,11H,4,10,12-13H2,1-3H3,(H,21,25)/p+1. The van der Waals surface area contributed by atoms with Crippen molar-refractivity contribution in [3.63, 3.8) is 0 Å². The molecule has 1 atom stereocenters. The second kappa shape index (κ2) is 8.92. The molecular weight excluding hydrogens is 360 g/mol. The molecule has 0 radical (unpaired) electrons. The van der Waals surface area contributed by atoms with Crippen molar-refractivity contribution >= 4 is 22.9 Å². The Morgan fingerprint density at radius 3 is 2.81 bits per heavy atom. The predicted octanol–water partition coefficient (Wildman–Crippen LogP) is 2.85. The highest BCUT2D eigenvalue weighted by Crippen LogP contribution is 2.22. The fraction of sp³-hybridized carbons (Fsp3) is 0.350. The van der Waals surface area contributed by atoms with Crippen molar-refractivity contribution < 1.29 is 14.1 Å². The molecule has 0 aliphatic carbocycles. The molecule has 3 rings (SSSR count). The summed E-state index contributed by atoms with van der Waals surface area (Å²) in [6, 6.07) is 9.84. The number of hydrogen-bond acceptors (Lipinski definition) is 5. The molecule has 142 valence electrons. The van der Waals surface area contributed by atoms with Crippen LogP contribution in [0.2, 0.25) is 0 Å². The van der Waals surface area contributed by atoms with Crippen LogP contribution in [0.3, 0.4) is 0 Å². The Morgan fingerprint density at radius 2 is 2.07 bits per heavy atom. The zero-order valence-corrected chi connectivity index (χ0v) is 16.7. The normalized spacial score (nSPS) is 12.1. The van der Waals surface area contributed by atoms with E-state index in [0.717, 1.165) is 39.6 Å². The third-order valence-electron chi connectivity index (χ3n) is 4.49. The SMILES string of the molecule is CCC[NH+](CC(=O)Nc1cccc(C)c1C)Cc1nnc(-c2cccs2)o1. The molecule has 1 unspecified atom stereocenters. The summed E-state index contributed by atoms with van der Waals surface area (Å²) >= 11 is 1.57. The van der Waals surface area contributed by atoms with Gasteiger partial charge in [-0.25, -0.2) is 0 Å². The summed E-state index contributed by atoms with van der Waals surface area (Å²) in [6.45, 7) is 7.92. The Morgan fingerprint density at radius 1 is 1.22 bits per heavy atom. The first kappa shape index (κ1) is 19.3. The number of thiophene rings is 1. The average Bonchev–Trinajstić information content (AvgIpc) is 3.30. The molecular formula is C20H25N4O2S+.